The number of aryl methyl sites for hydroxylation is 1. The Labute approximate surface area is 189 Å². The number of fused-ring (bicyclic) bond motifs is 1. The molecule has 0 spiro atoms. The Bertz CT molecular complexity index is 1200. The van der Waals surface area contributed by atoms with Gasteiger partial charge in [0.25, 0.3) is 0 Å². The smallest absolute Gasteiger partial charge is 0.244 e. The summed E-state index contributed by atoms with van der Waals surface area (Å²) in [6, 6.07) is 12.5. The Kier molecular flexibility index (Phi) is 6.68. The van der Waals surface area contributed by atoms with Crippen LogP contribution in [0.2, 0.25) is 0 Å². The van der Waals surface area contributed by atoms with E-state index in [1.54, 1.807) is 6.07 Å². The van der Waals surface area contributed by atoms with Gasteiger partial charge in [-0.3, -0.25) is 10.1 Å². The van der Waals surface area contributed by atoms with Crippen LogP contribution >= 0.6 is 11.3 Å². The van der Waals surface area contributed by atoms with Crippen molar-refractivity contribution >= 4 is 32.4 Å². The number of benzene rings is 2. The molecule has 0 saturated carbocycles. The van der Waals surface area contributed by atoms with E-state index >= 15 is 0 Å². The predicted molar refractivity (Wildman–Crippen MR) is 120 cm³/mol. The lowest BCUT2D eigenvalue weighted by Gasteiger charge is -2.20. The Morgan fingerprint density at radius 3 is 2.56 bits per heavy atom. The topological polar surface area (TPSA) is 120 Å². The van der Waals surface area contributed by atoms with E-state index in [1.165, 1.54) is 23.5 Å². The number of hydrogen-bond donors (Lipinski definition) is 2. The summed E-state index contributed by atoms with van der Waals surface area (Å²) < 4.78 is 39.7. The molecule has 9 nitrogen and oxygen atoms in total. The molecular formula is C21H22N4O5S2. The van der Waals surface area contributed by atoms with Gasteiger partial charge < -0.3 is 9.47 Å². The first-order valence-corrected chi connectivity index (χ1v) is 12.3. The highest BCUT2D eigenvalue weighted by Crippen LogP contribution is 2.32. The van der Waals surface area contributed by atoms with Gasteiger partial charge in [0, 0.05) is 6.07 Å². The number of nitrogens with zero attached hydrogens (tertiary/aromatic N) is 2. The highest BCUT2D eigenvalue weighted by molar-refractivity contribution is 7.89. The Balaban J connectivity index is 1.58. The van der Waals surface area contributed by atoms with Crippen LogP contribution in [0, 0.1) is 0 Å². The highest BCUT2D eigenvalue weighted by Gasteiger charge is 2.28. The zero-order valence-electron chi connectivity index (χ0n) is 17.3. The molecule has 4 rings (SSSR count). The average Bonchev–Trinajstić information content (AvgIpc) is 3.26. The minimum atomic E-state index is -4.03. The van der Waals surface area contributed by atoms with Crippen molar-refractivity contribution in [1.29, 1.82) is 0 Å². The van der Waals surface area contributed by atoms with E-state index in [9.17, 15) is 13.2 Å². The molecule has 1 aliphatic rings. The fourth-order valence-electron chi connectivity index (χ4n) is 3.12. The minimum Gasteiger partial charge on any atom is -0.486 e. The summed E-state index contributed by atoms with van der Waals surface area (Å²) in [5.41, 5.74) is 0.809. The maximum atomic E-state index is 13.1. The Morgan fingerprint density at radius 1 is 1.09 bits per heavy atom. The van der Waals surface area contributed by atoms with Crippen LogP contribution < -0.4 is 19.5 Å². The third kappa shape index (κ3) is 5.23. The predicted octanol–water partition coefficient (Wildman–Crippen LogP) is 2.40. The molecule has 1 atom stereocenters. The number of rotatable bonds is 8. The van der Waals surface area contributed by atoms with Gasteiger partial charge in [-0.1, -0.05) is 48.6 Å². The normalized spacial score (nSPS) is 14.0. The van der Waals surface area contributed by atoms with Gasteiger partial charge >= 0.3 is 0 Å². The van der Waals surface area contributed by atoms with Gasteiger partial charge in [-0.2, -0.15) is 4.72 Å². The standard InChI is InChI=1S/C21H22N4O5S2/c1-2-19-23-24-21(31-19)22-20(26)16(12-14-6-4-3-5-7-14)25-32(27,28)15-8-9-17-18(13-15)30-11-10-29-17/h3-9,13,16,25H,2,10-12H2,1H3,(H,22,24,26)/t16-/m0/s1. The molecule has 0 unspecified atom stereocenters. The van der Waals surface area contributed by atoms with Crippen molar-refractivity contribution in [2.45, 2.75) is 30.7 Å². The number of amides is 1. The van der Waals surface area contributed by atoms with Crippen molar-refractivity contribution in [2.75, 3.05) is 18.5 Å². The van der Waals surface area contributed by atoms with Gasteiger partial charge in [0.15, 0.2) is 11.5 Å². The van der Waals surface area contributed by atoms with Crippen LogP contribution in [0.4, 0.5) is 5.13 Å². The second-order valence-electron chi connectivity index (χ2n) is 7.01. The van der Waals surface area contributed by atoms with Crippen molar-refractivity contribution < 1.29 is 22.7 Å². The second kappa shape index (κ2) is 9.63. The molecule has 0 bridgehead atoms. The molecule has 0 fully saturated rings. The van der Waals surface area contributed by atoms with E-state index in [-0.39, 0.29) is 11.3 Å². The van der Waals surface area contributed by atoms with E-state index in [2.05, 4.69) is 20.2 Å². The van der Waals surface area contributed by atoms with Gasteiger partial charge in [-0.05, 0) is 30.5 Å². The van der Waals surface area contributed by atoms with Crippen LogP contribution in [0.15, 0.2) is 53.4 Å². The lowest BCUT2D eigenvalue weighted by molar-refractivity contribution is -0.117. The van der Waals surface area contributed by atoms with Crippen LogP contribution in [-0.2, 0) is 27.7 Å². The molecule has 1 amide bonds. The van der Waals surface area contributed by atoms with Crippen LogP contribution in [0.25, 0.3) is 0 Å². The van der Waals surface area contributed by atoms with Gasteiger partial charge in [0.1, 0.15) is 24.3 Å². The van der Waals surface area contributed by atoms with Crippen molar-refractivity contribution in [1.82, 2.24) is 14.9 Å². The molecule has 2 heterocycles. The van der Waals surface area contributed by atoms with Gasteiger partial charge in [0.2, 0.25) is 21.1 Å². The number of carbonyl (C=O) groups excluding carboxylic acids is 1. The number of aromatic nitrogens is 2. The summed E-state index contributed by atoms with van der Waals surface area (Å²) in [7, 11) is -4.03. The van der Waals surface area contributed by atoms with E-state index < -0.39 is 22.0 Å². The molecule has 32 heavy (non-hydrogen) atoms. The number of ether oxygens (including phenoxy) is 2. The zero-order valence-corrected chi connectivity index (χ0v) is 18.9. The number of anilines is 1. The quantitative estimate of drug-likeness (QED) is 0.514. The maximum absolute atomic E-state index is 13.1. The number of hydrogen-bond acceptors (Lipinski definition) is 8. The summed E-state index contributed by atoms with van der Waals surface area (Å²) in [6.45, 7) is 2.68. The summed E-state index contributed by atoms with van der Waals surface area (Å²) in [5, 5.41) is 11.7. The SMILES string of the molecule is CCc1nnc(NC(=O)[C@H](Cc2ccccc2)NS(=O)(=O)c2ccc3c(c2)OCCO3)s1. The lowest BCUT2D eigenvalue weighted by Crippen LogP contribution is -2.45. The molecule has 168 valence electrons. The number of nitrogens with one attached hydrogen (secondary N) is 2. The molecule has 0 aliphatic carbocycles. The minimum absolute atomic E-state index is 0.0169. The Morgan fingerprint density at radius 2 is 1.84 bits per heavy atom. The number of sulfonamides is 1. The molecule has 2 aromatic carbocycles. The summed E-state index contributed by atoms with van der Waals surface area (Å²) in [5.74, 6) is 0.315. The molecule has 1 aliphatic heterocycles. The second-order valence-corrected chi connectivity index (χ2v) is 9.79. The first kappa shape index (κ1) is 22.2. The highest BCUT2D eigenvalue weighted by atomic mass is 32.2. The molecule has 0 saturated heterocycles. The van der Waals surface area contributed by atoms with Gasteiger partial charge in [-0.15, -0.1) is 10.2 Å². The van der Waals surface area contributed by atoms with E-state index in [0.29, 0.717) is 36.3 Å². The van der Waals surface area contributed by atoms with Crippen molar-refractivity contribution in [2.24, 2.45) is 0 Å². The largest absolute Gasteiger partial charge is 0.486 e. The van der Waals surface area contributed by atoms with E-state index in [0.717, 1.165) is 10.6 Å². The van der Waals surface area contributed by atoms with Crippen molar-refractivity contribution in [3.8, 4) is 11.5 Å². The molecule has 1 aromatic heterocycles. The lowest BCUT2D eigenvalue weighted by atomic mass is 10.1. The third-order valence-corrected chi connectivity index (χ3v) is 7.17. The van der Waals surface area contributed by atoms with Gasteiger partial charge in [-0.25, -0.2) is 8.42 Å². The Hall–Kier alpha value is -3.02. The number of carbonyl (C=O) groups is 1. The van der Waals surface area contributed by atoms with E-state index in [4.69, 9.17) is 9.47 Å². The fraction of sp³-hybridized carbons (Fsp3) is 0.286. The zero-order chi connectivity index (χ0) is 22.6. The van der Waals surface area contributed by atoms with Crippen molar-refractivity contribution in [3.63, 3.8) is 0 Å². The van der Waals surface area contributed by atoms with Crippen LogP contribution in [0.1, 0.15) is 17.5 Å². The van der Waals surface area contributed by atoms with Crippen molar-refractivity contribution in [3.05, 3.63) is 59.1 Å². The summed E-state index contributed by atoms with van der Waals surface area (Å²) in [6.07, 6.45) is 0.855. The monoisotopic (exact) mass is 474 g/mol. The maximum Gasteiger partial charge on any atom is 0.244 e. The summed E-state index contributed by atoms with van der Waals surface area (Å²) in [4.78, 5) is 13.0. The van der Waals surface area contributed by atoms with Gasteiger partial charge in [0.05, 0.1) is 4.90 Å². The molecule has 3 aromatic rings. The molecule has 2 N–H and O–H groups in total. The van der Waals surface area contributed by atoms with E-state index in [1.807, 2.05) is 37.3 Å². The molecule has 11 heteroatoms. The first-order valence-electron chi connectivity index (χ1n) is 10.0. The van der Waals surface area contributed by atoms with Crippen LogP contribution in [0.5, 0.6) is 11.5 Å². The van der Waals surface area contributed by atoms with Crippen LogP contribution in [-0.4, -0.2) is 43.8 Å². The first-order chi connectivity index (χ1) is 15.4. The van der Waals surface area contributed by atoms with Crippen LogP contribution in [0.3, 0.4) is 0 Å². The fourth-order valence-corrected chi connectivity index (χ4v) is 5.02. The molecule has 0 radical (unpaired) electrons. The molecular weight excluding hydrogens is 452 g/mol. The third-order valence-electron chi connectivity index (χ3n) is 4.72. The summed E-state index contributed by atoms with van der Waals surface area (Å²) >= 11 is 1.25. The average molecular weight is 475 g/mol.